The summed E-state index contributed by atoms with van der Waals surface area (Å²) in [7, 11) is 1.54. The quantitative estimate of drug-likeness (QED) is 0.851. The molecule has 0 radical (unpaired) electrons. The first-order chi connectivity index (χ1) is 11.2. The maximum atomic E-state index is 12.5. The molecule has 7 nitrogen and oxygen atoms in total. The molecule has 0 spiro atoms. The van der Waals surface area contributed by atoms with Gasteiger partial charge in [-0.05, 0) is 12.8 Å². The van der Waals surface area contributed by atoms with E-state index >= 15 is 0 Å². The van der Waals surface area contributed by atoms with Gasteiger partial charge < -0.3 is 15.4 Å². The number of methoxy groups -OCH3 is 1. The summed E-state index contributed by atoms with van der Waals surface area (Å²) >= 11 is 0. The van der Waals surface area contributed by atoms with Gasteiger partial charge in [-0.1, -0.05) is 30.3 Å². The van der Waals surface area contributed by atoms with Gasteiger partial charge in [0.25, 0.3) is 0 Å². The Morgan fingerprint density at radius 2 is 2.21 bits per heavy atom. The Kier molecular flexibility index (Phi) is 6.30. The van der Waals surface area contributed by atoms with Crippen LogP contribution in [-0.2, 0) is 9.53 Å². The molecule has 130 valence electrons. The van der Waals surface area contributed by atoms with E-state index in [1.807, 2.05) is 30.3 Å². The number of carbonyl (C=O) groups excluding carboxylic acids is 1. The smallest absolute Gasteiger partial charge is 0.242 e. The van der Waals surface area contributed by atoms with E-state index in [1.165, 1.54) is 7.11 Å². The van der Waals surface area contributed by atoms with Crippen LogP contribution in [0.15, 0.2) is 30.3 Å². The second-order valence-corrected chi connectivity index (χ2v) is 5.66. The third-order valence-electron chi connectivity index (χ3n) is 4.05. The number of carbonyl (C=O) groups is 1. The molecule has 3 N–H and O–H groups in total. The Labute approximate surface area is 147 Å². The summed E-state index contributed by atoms with van der Waals surface area (Å²) in [4.78, 5) is 18.8. The zero-order valence-electron chi connectivity index (χ0n) is 13.5. The summed E-state index contributed by atoms with van der Waals surface area (Å²) in [5.74, 6) is 1.24. The highest BCUT2D eigenvalue weighted by Gasteiger charge is 2.34. The molecule has 1 aromatic carbocycles. The average Bonchev–Trinajstić information content (AvgIpc) is 3.24. The number of nitrogens with zero attached hydrogens (tertiary/aromatic N) is 3. The summed E-state index contributed by atoms with van der Waals surface area (Å²) in [5.41, 5.74) is 6.83. The van der Waals surface area contributed by atoms with E-state index in [9.17, 15) is 4.79 Å². The van der Waals surface area contributed by atoms with Crippen LogP contribution < -0.4 is 5.73 Å². The number of nitrogens with two attached hydrogens (primary N) is 1. The first-order valence-electron chi connectivity index (χ1n) is 7.73. The number of likely N-dealkylation sites (tertiary alicyclic amines) is 1. The molecule has 2 aromatic rings. The van der Waals surface area contributed by atoms with Crippen molar-refractivity contribution in [3.05, 3.63) is 36.2 Å². The van der Waals surface area contributed by atoms with Crippen LogP contribution in [0.4, 0.5) is 0 Å². The Morgan fingerprint density at radius 3 is 2.92 bits per heavy atom. The normalized spacial score (nSPS) is 18.2. The lowest BCUT2D eigenvalue weighted by Crippen LogP contribution is -2.45. The van der Waals surface area contributed by atoms with Gasteiger partial charge in [0.1, 0.15) is 11.9 Å². The Bertz CT molecular complexity index is 663. The average molecular weight is 352 g/mol. The molecule has 1 fully saturated rings. The number of benzene rings is 1. The van der Waals surface area contributed by atoms with E-state index in [0.29, 0.717) is 18.2 Å². The van der Waals surface area contributed by atoms with Crippen LogP contribution in [0.3, 0.4) is 0 Å². The van der Waals surface area contributed by atoms with Crippen molar-refractivity contribution in [2.75, 3.05) is 20.3 Å². The molecule has 0 saturated carbocycles. The van der Waals surface area contributed by atoms with Gasteiger partial charge in [-0.15, -0.1) is 12.4 Å². The number of nitrogens with one attached hydrogen (secondary N) is 1. The van der Waals surface area contributed by atoms with Crippen LogP contribution in [0.1, 0.15) is 24.7 Å². The molecule has 24 heavy (non-hydrogen) atoms. The van der Waals surface area contributed by atoms with Gasteiger partial charge in [-0.3, -0.25) is 9.89 Å². The lowest BCUT2D eigenvalue weighted by molar-refractivity contribution is -0.134. The molecule has 0 bridgehead atoms. The first-order valence-corrected chi connectivity index (χ1v) is 7.73. The predicted octanol–water partition coefficient (Wildman–Crippen LogP) is 1.53. The molecular formula is C16H22ClN5O2. The highest BCUT2D eigenvalue weighted by molar-refractivity contribution is 5.85. The summed E-state index contributed by atoms with van der Waals surface area (Å²) < 4.78 is 4.98. The van der Waals surface area contributed by atoms with E-state index in [4.69, 9.17) is 10.5 Å². The summed E-state index contributed by atoms with van der Waals surface area (Å²) in [5, 5.41) is 7.25. The van der Waals surface area contributed by atoms with E-state index < -0.39 is 6.04 Å². The molecule has 3 rings (SSSR count). The fourth-order valence-corrected chi connectivity index (χ4v) is 2.92. The second kappa shape index (κ2) is 8.23. The summed E-state index contributed by atoms with van der Waals surface area (Å²) in [6.07, 6.45) is 1.78. The van der Waals surface area contributed by atoms with E-state index in [1.54, 1.807) is 4.90 Å². The van der Waals surface area contributed by atoms with Crippen molar-refractivity contribution in [3.63, 3.8) is 0 Å². The van der Waals surface area contributed by atoms with Gasteiger partial charge in [0, 0.05) is 19.2 Å². The maximum Gasteiger partial charge on any atom is 0.242 e. The zero-order valence-corrected chi connectivity index (χ0v) is 14.3. The van der Waals surface area contributed by atoms with Gasteiger partial charge in [0.15, 0.2) is 5.82 Å². The number of hydrogen-bond donors (Lipinski definition) is 2. The van der Waals surface area contributed by atoms with Crippen molar-refractivity contribution >= 4 is 18.3 Å². The molecule has 1 aliphatic heterocycles. The second-order valence-electron chi connectivity index (χ2n) is 5.66. The number of rotatable bonds is 5. The molecular weight excluding hydrogens is 330 g/mol. The molecule has 1 saturated heterocycles. The number of aromatic nitrogens is 3. The minimum absolute atomic E-state index is 0. The number of halogens is 1. The third-order valence-corrected chi connectivity index (χ3v) is 4.05. The van der Waals surface area contributed by atoms with Crippen molar-refractivity contribution in [1.82, 2.24) is 20.1 Å². The number of amides is 1. The van der Waals surface area contributed by atoms with Crippen LogP contribution in [0.5, 0.6) is 0 Å². The minimum atomic E-state index is -0.642. The monoisotopic (exact) mass is 351 g/mol. The van der Waals surface area contributed by atoms with Crippen LogP contribution in [0.2, 0.25) is 0 Å². The number of ether oxygens (including phenoxy) is 1. The highest BCUT2D eigenvalue weighted by atomic mass is 35.5. The van der Waals surface area contributed by atoms with Crippen LogP contribution >= 0.6 is 12.4 Å². The van der Waals surface area contributed by atoms with Gasteiger partial charge in [0.2, 0.25) is 5.91 Å². The van der Waals surface area contributed by atoms with Crippen molar-refractivity contribution < 1.29 is 9.53 Å². The van der Waals surface area contributed by atoms with Gasteiger partial charge in [-0.25, -0.2) is 4.98 Å². The van der Waals surface area contributed by atoms with Gasteiger partial charge >= 0.3 is 0 Å². The fraction of sp³-hybridized carbons (Fsp3) is 0.438. The third kappa shape index (κ3) is 3.75. The largest absolute Gasteiger partial charge is 0.383 e. The molecule has 1 aliphatic rings. The first kappa shape index (κ1) is 18.4. The SMILES string of the molecule is COCC(N)C(=O)N1CCCC1c1nc(-c2ccccc2)n[nH]1.Cl. The van der Waals surface area contributed by atoms with Crippen molar-refractivity contribution in [1.29, 1.82) is 0 Å². The highest BCUT2D eigenvalue weighted by Crippen LogP contribution is 2.31. The van der Waals surface area contributed by atoms with Crippen LogP contribution in [-0.4, -0.2) is 52.3 Å². The lowest BCUT2D eigenvalue weighted by Gasteiger charge is -2.25. The number of aromatic amines is 1. The Morgan fingerprint density at radius 1 is 1.46 bits per heavy atom. The molecule has 0 aliphatic carbocycles. The zero-order chi connectivity index (χ0) is 16.2. The minimum Gasteiger partial charge on any atom is -0.383 e. The molecule has 1 amide bonds. The summed E-state index contributed by atoms with van der Waals surface area (Å²) in [6.45, 7) is 0.899. The van der Waals surface area contributed by atoms with Crippen LogP contribution in [0.25, 0.3) is 11.4 Å². The van der Waals surface area contributed by atoms with Crippen LogP contribution in [0, 0.1) is 0 Å². The molecule has 1 aromatic heterocycles. The number of H-pyrrole nitrogens is 1. The van der Waals surface area contributed by atoms with E-state index in [0.717, 1.165) is 18.4 Å². The lowest BCUT2D eigenvalue weighted by atomic mass is 10.2. The fourth-order valence-electron chi connectivity index (χ4n) is 2.92. The van der Waals surface area contributed by atoms with Gasteiger partial charge in [0.05, 0.1) is 12.6 Å². The van der Waals surface area contributed by atoms with Crippen molar-refractivity contribution in [3.8, 4) is 11.4 Å². The van der Waals surface area contributed by atoms with Crippen molar-refractivity contribution in [2.45, 2.75) is 24.9 Å². The molecule has 2 heterocycles. The summed E-state index contributed by atoms with van der Waals surface area (Å²) in [6, 6.07) is 9.01. The molecule has 8 heteroatoms. The van der Waals surface area contributed by atoms with Gasteiger partial charge in [-0.2, -0.15) is 5.10 Å². The Hall–Kier alpha value is -1.96. The van der Waals surface area contributed by atoms with Crippen molar-refractivity contribution in [2.24, 2.45) is 5.73 Å². The molecule has 2 atom stereocenters. The maximum absolute atomic E-state index is 12.5. The topological polar surface area (TPSA) is 97.1 Å². The van der Waals surface area contributed by atoms with E-state index in [-0.39, 0.29) is 31.0 Å². The molecule has 2 unspecified atom stereocenters. The predicted molar refractivity (Wildman–Crippen MR) is 92.6 cm³/mol. The van der Waals surface area contributed by atoms with E-state index in [2.05, 4.69) is 15.2 Å². The standard InChI is InChI=1S/C16H21N5O2.ClH/c1-23-10-12(17)16(22)21-9-5-8-13(21)15-18-14(19-20-15)11-6-3-2-4-7-11;/h2-4,6-7,12-13H,5,8-10,17H2,1H3,(H,18,19,20);1H. The Balaban J connectivity index is 0.00000208. The number of hydrogen-bond acceptors (Lipinski definition) is 5.